The van der Waals surface area contributed by atoms with E-state index in [1.54, 1.807) is 11.9 Å². The molecule has 100 valence electrons. The number of nitro benzene ring substituents is 1. The Morgan fingerprint density at radius 2 is 2.26 bits per heavy atom. The van der Waals surface area contributed by atoms with Crippen LogP contribution in [0.1, 0.15) is 18.4 Å². The molecule has 7 nitrogen and oxygen atoms in total. The number of rotatable bonds is 6. The molecule has 0 aromatic heterocycles. The molecule has 19 heavy (non-hydrogen) atoms. The first-order valence-electron chi connectivity index (χ1n) is 5.57. The van der Waals surface area contributed by atoms with Crippen molar-refractivity contribution < 1.29 is 14.8 Å². The van der Waals surface area contributed by atoms with Gasteiger partial charge < -0.3 is 10.0 Å². The Morgan fingerprint density at radius 3 is 2.79 bits per heavy atom. The van der Waals surface area contributed by atoms with E-state index in [1.165, 1.54) is 18.2 Å². The highest BCUT2D eigenvalue weighted by Crippen LogP contribution is 2.28. The van der Waals surface area contributed by atoms with E-state index in [9.17, 15) is 14.9 Å². The Kier molecular flexibility index (Phi) is 4.83. The van der Waals surface area contributed by atoms with Gasteiger partial charge in [0.25, 0.3) is 5.69 Å². The third-order valence-corrected chi connectivity index (χ3v) is 2.60. The van der Waals surface area contributed by atoms with Gasteiger partial charge >= 0.3 is 5.97 Å². The van der Waals surface area contributed by atoms with E-state index in [0.29, 0.717) is 18.7 Å². The molecule has 0 atom stereocenters. The molecule has 0 unspecified atom stereocenters. The van der Waals surface area contributed by atoms with Crippen LogP contribution in [0, 0.1) is 21.4 Å². The zero-order chi connectivity index (χ0) is 14.4. The van der Waals surface area contributed by atoms with Crippen molar-refractivity contribution in [1.29, 1.82) is 5.26 Å². The summed E-state index contributed by atoms with van der Waals surface area (Å²) >= 11 is 0. The first-order valence-corrected chi connectivity index (χ1v) is 5.57. The van der Waals surface area contributed by atoms with Crippen molar-refractivity contribution in [2.45, 2.75) is 12.8 Å². The van der Waals surface area contributed by atoms with Crippen molar-refractivity contribution in [3.8, 4) is 6.07 Å². The summed E-state index contributed by atoms with van der Waals surface area (Å²) in [6, 6.07) is 6.05. The molecule has 0 radical (unpaired) electrons. The minimum atomic E-state index is -0.900. The highest BCUT2D eigenvalue weighted by atomic mass is 16.6. The molecule has 7 heteroatoms. The van der Waals surface area contributed by atoms with E-state index in [2.05, 4.69) is 0 Å². The van der Waals surface area contributed by atoms with Crippen LogP contribution in [0.3, 0.4) is 0 Å². The van der Waals surface area contributed by atoms with E-state index < -0.39 is 10.9 Å². The molecule has 0 fully saturated rings. The molecular weight excluding hydrogens is 250 g/mol. The van der Waals surface area contributed by atoms with E-state index in [1.807, 2.05) is 6.07 Å². The molecule has 0 amide bonds. The number of hydrogen-bond acceptors (Lipinski definition) is 5. The lowest BCUT2D eigenvalue weighted by molar-refractivity contribution is -0.384. The largest absolute Gasteiger partial charge is 0.481 e. The van der Waals surface area contributed by atoms with E-state index in [-0.39, 0.29) is 17.7 Å². The average molecular weight is 263 g/mol. The second-order valence-electron chi connectivity index (χ2n) is 3.99. The van der Waals surface area contributed by atoms with Crippen molar-refractivity contribution in [3.63, 3.8) is 0 Å². The van der Waals surface area contributed by atoms with Gasteiger partial charge in [-0.3, -0.25) is 14.9 Å². The smallest absolute Gasteiger partial charge is 0.303 e. The molecular formula is C12H13N3O4. The maximum Gasteiger partial charge on any atom is 0.303 e. The van der Waals surface area contributed by atoms with Crippen LogP contribution >= 0.6 is 0 Å². The van der Waals surface area contributed by atoms with Gasteiger partial charge in [-0.2, -0.15) is 5.26 Å². The fourth-order valence-corrected chi connectivity index (χ4v) is 1.65. The molecule has 0 saturated carbocycles. The van der Waals surface area contributed by atoms with Gasteiger partial charge in [0.1, 0.15) is 5.69 Å². The minimum Gasteiger partial charge on any atom is -0.481 e. The Bertz CT molecular complexity index is 536. The zero-order valence-electron chi connectivity index (χ0n) is 10.4. The highest BCUT2D eigenvalue weighted by molar-refractivity contribution is 5.67. The quantitative estimate of drug-likeness (QED) is 0.619. The van der Waals surface area contributed by atoms with Crippen LogP contribution in [0.15, 0.2) is 18.2 Å². The molecule has 1 rings (SSSR count). The predicted octanol–water partition coefficient (Wildman–Crippen LogP) is 1.77. The molecule has 0 bridgehead atoms. The Balaban J connectivity index is 2.90. The Labute approximate surface area is 109 Å². The van der Waals surface area contributed by atoms with Gasteiger partial charge in [0.2, 0.25) is 0 Å². The van der Waals surface area contributed by atoms with Crippen molar-refractivity contribution >= 4 is 17.3 Å². The standard InChI is InChI=1S/C12H13N3O4/c1-14(6-2-3-12(16)17)10-5-4-9(8-13)7-11(10)15(18)19/h4-5,7H,2-3,6H2,1H3,(H,16,17). The molecule has 1 aromatic rings. The first kappa shape index (κ1) is 14.4. The van der Waals surface area contributed by atoms with E-state index in [0.717, 1.165) is 0 Å². The fourth-order valence-electron chi connectivity index (χ4n) is 1.65. The van der Waals surface area contributed by atoms with E-state index >= 15 is 0 Å². The fraction of sp³-hybridized carbons (Fsp3) is 0.333. The summed E-state index contributed by atoms with van der Waals surface area (Å²) in [4.78, 5) is 22.4. The Morgan fingerprint density at radius 1 is 1.58 bits per heavy atom. The Hall–Kier alpha value is -2.62. The third-order valence-electron chi connectivity index (χ3n) is 2.60. The lowest BCUT2D eigenvalue weighted by Gasteiger charge is -2.18. The number of anilines is 1. The topological polar surface area (TPSA) is 107 Å². The van der Waals surface area contributed by atoms with Crippen LogP contribution in [0.2, 0.25) is 0 Å². The molecule has 1 aromatic carbocycles. The van der Waals surface area contributed by atoms with Crippen LogP contribution in [-0.4, -0.2) is 29.6 Å². The number of nitro groups is 1. The van der Waals surface area contributed by atoms with Gasteiger partial charge in [-0.15, -0.1) is 0 Å². The number of benzene rings is 1. The van der Waals surface area contributed by atoms with Crippen molar-refractivity contribution in [2.24, 2.45) is 0 Å². The number of aliphatic carboxylic acids is 1. The third kappa shape index (κ3) is 3.96. The highest BCUT2D eigenvalue weighted by Gasteiger charge is 2.17. The second kappa shape index (κ2) is 6.35. The van der Waals surface area contributed by atoms with Crippen LogP contribution in [0.5, 0.6) is 0 Å². The van der Waals surface area contributed by atoms with Gasteiger partial charge in [0, 0.05) is 26.1 Å². The van der Waals surface area contributed by atoms with Gasteiger partial charge in [0.05, 0.1) is 16.6 Å². The van der Waals surface area contributed by atoms with E-state index in [4.69, 9.17) is 10.4 Å². The van der Waals surface area contributed by atoms with Crippen molar-refractivity contribution in [2.75, 3.05) is 18.5 Å². The predicted molar refractivity (Wildman–Crippen MR) is 68.0 cm³/mol. The summed E-state index contributed by atoms with van der Waals surface area (Å²) in [5.74, 6) is -0.900. The molecule has 1 N–H and O–H groups in total. The molecule has 0 aliphatic rings. The molecule has 0 saturated heterocycles. The number of nitrogens with zero attached hydrogens (tertiary/aromatic N) is 3. The lowest BCUT2D eigenvalue weighted by atomic mass is 10.1. The molecule has 0 heterocycles. The van der Waals surface area contributed by atoms with Crippen LogP contribution in [0.4, 0.5) is 11.4 Å². The summed E-state index contributed by atoms with van der Waals surface area (Å²) < 4.78 is 0. The van der Waals surface area contributed by atoms with Crippen LogP contribution in [-0.2, 0) is 4.79 Å². The zero-order valence-corrected chi connectivity index (χ0v) is 10.4. The summed E-state index contributed by atoms with van der Waals surface area (Å²) in [5.41, 5.74) is 0.431. The minimum absolute atomic E-state index is 0.00835. The number of carbonyl (C=O) groups is 1. The van der Waals surface area contributed by atoms with Gasteiger partial charge in [0.15, 0.2) is 0 Å². The number of carboxylic acids is 1. The molecule has 0 aliphatic carbocycles. The van der Waals surface area contributed by atoms with Gasteiger partial charge in [-0.05, 0) is 18.6 Å². The maximum atomic E-state index is 11.0. The maximum absolute atomic E-state index is 11.0. The monoisotopic (exact) mass is 263 g/mol. The number of hydrogen-bond donors (Lipinski definition) is 1. The normalized spacial score (nSPS) is 9.68. The summed E-state index contributed by atoms with van der Waals surface area (Å²) in [7, 11) is 1.65. The SMILES string of the molecule is CN(CCCC(=O)O)c1ccc(C#N)cc1[N+](=O)[O-]. The average Bonchev–Trinajstić information content (AvgIpc) is 2.37. The molecule has 0 spiro atoms. The molecule has 0 aliphatic heterocycles. The van der Waals surface area contributed by atoms with Gasteiger partial charge in [-0.1, -0.05) is 0 Å². The first-order chi connectivity index (χ1) is 8.95. The van der Waals surface area contributed by atoms with Crippen LogP contribution in [0.25, 0.3) is 0 Å². The summed E-state index contributed by atoms with van der Waals surface area (Å²) in [5, 5.41) is 28.2. The number of nitriles is 1. The van der Waals surface area contributed by atoms with Gasteiger partial charge in [-0.25, -0.2) is 0 Å². The second-order valence-corrected chi connectivity index (χ2v) is 3.99. The summed E-state index contributed by atoms with van der Waals surface area (Å²) in [6.45, 7) is 0.388. The van der Waals surface area contributed by atoms with Crippen molar-refractivity contribution in [1.82, 2.24) is 0 Å². The van der Waals surface area contributed by atoms with Crippen LogP contribution < -0.4 is 4.90 Å². The number of carboxylic acid groups (broad SMARTS) is 1. The summed E-state index contributed by atoms with van der Waals surface area (Å²) in [6.07, 6.45) is 0.400. The lowest BCUT2D eigenvalue weighted by Crippen LogP contribution is -2.20. The van der Waals surface area contributed by atoms with Crippen molar-refractivity contribution in [3.05, 3.63) is 33.9 Å².